The van der Waals surface area contributed by atoms with Crippen LogP contribution < -0.4 is 5.32 Å². The van der Waals surface area contributed by atoms with E-state index in [1.54, 1.807) is 14.0 Å². The third-order valence-electron chi connectivity index (χ3n) is 3.64. The molecule has 0 heterocycles. The van der Waals surface area contributed by atoms with E-state index in [4.69, 9.17) is 10.2 Å². The highest BCUT2D eigenvalue weighted by molar-refractivity contribution is 5.77. The highest BCUT2D eigenvalue weighted by atomic mass is 16.4. The molecule has 18 heavy (non-hydrogen) atoms. The molecule has 0 aliphatic heterocycles. The molecule has 2 amide bonds. The van der Waals surface area contributed by atoms with Gasteiger partial charge in [-0.3, -0.25) is 4.79 Å². The maximum Gasteiger partial charge on any atom is 0.317 e. The first kappa shape index (κ1) is 14.8. The summed E-state index contributed by atoms with van der Waals surface area (Å²) in [6.45, 7) is 1.62. The van der Waals surface area contributed by atoms with Crippen LogP contribution in [-0.2, 0) is 4.79 Å². The third-order valence-corrected chi connectivity index (χ3v) is 3.64. The number of aliphatic hydroxyl groups is 1. The molecule has 1 aliphatic carbocycles. The quantitative estimate of drug-likeness (QED) is 0.690. The minimum Gasteiger partial charge on any atom is -0.481 e. The molecule has 6 nitrogen and oxygen atoms in total. The Bertz CT molecular complexity index is 308. The lowest BCUT2D eigenvalue weighted by molar-refractivity contribution is -0.143. The fraction of sp³-hybridized carbons (Fsp3) is 0.833. The van der Waals surface area contributed by atoms with E-state index in [9.17, 15) is 9.59 Å². The number of carboxylic acid groups (broad SMARTS) is 1. The van der Waals surface area contributed by atoms with Crippen LogP contribution in [0.3, 0.4) is 0 Å². The normalized spacial score (nSPS) is 25.3. The van der Waals surface area contributed by atoms with E-state index in [0.717, 1.165) is 12.8 Å². The topological polar surface area (TPSA) is 89.9 Å². The van der Waals surface area contributed by atoms with Gasteiger partial charge in [0.05, 0.1) is 18.6 Å². The predicted octanol–water partition coefficient (Wildman–Crippen LogP) is 0.652. The Hall–Kier alpha value is -1.30. The lowest BCUT2D eigenvalue weighted by Gasteiger charge is -2.32. The summed E-state index contributed by atoms with van der Waals surface area (Å²) in [5.41, 5.74) is 0. The molecule has 3 atom stereocenters. The van der Waals surface area contributed by atoms with Crippen LogP contribution in [-0.4, -0.2) is 52.9 Å². The van der Waals surface area contributed by atoms with Crippen molar-refractivity contribution in [2.24, 2.45) is 5.92 Å². The number of carbonyl (C=O) groups excluding carboxylic acids is 1. The Labute approximate surface area is 107 Å². The van der Waals surface area contributed by atoms with Crippen molar-refractivity contribution >= 4 is 12.0 Å². The van der Waals surface area contributed by atoms with Gasteiger partial charge in [-0.15, -0.1) is 0 Å². The number of rotatable bonds is 4. The second-order valence-electron chi connectivity index (χ2n) is 4.93. The average Bonchev–Trinajstić information content (AvgIpc) is 2.37. The van der Waals surface area contributed by atoms with Gasteiger partial charge in [-0.25, -0.2) is 4.79 Å². The van der Waals surface area contributed by atoms with Crippen molar-refractivity contribution < 1.29 is 19.8 Å². The average molecular weight is 258 g/mol. The fourth-order valence-corrected chi connectivity index (χ4v) is 2.18. The fourth-order valence-electron chi connectivity index (χ4n) is 2.18. The molecule has 0 saturated heterocycles. The summed E-state index contributed by atoms with van der Waals surface area (Å²) in [4.78, 5) is 24.4. The maximum absolute atomic E-state index is 11.9. The molecule has 1 saturated carbocycles. The van der Waals surface area contributed by atoms with E-state index in [1.165, 1.54) is 4.90 Å². The zero-order valence-electron chi connectivity index (χ0n) is 10.9. The molecule has 3 unspecified atom stereocenters. The van der Waals surface area contributed by atoms with Gasteiger partial charge in [0.2, 0.25) is 0 Å². The number of carboxylic acids is 1. The van der Waals surface area contributed by atoms with E-state index < -0.39 is 11.9 Å². The molecular formula is C12H22N2O4. The minimum absolute atomic E-state index is 0.114. The Morgan fingerprint density at radius 3 is 2.56 bits per heavy atom. The van der Waals surface area contributed by atoms with Crippen LogP contribution in [0.1, 0.15) is 32.6 Å². The van der Waals surface area contributed by atoms with E-state index >= 15 is 0 Å². The summed E-state index contributed by atoms with van der Waals surface area (Å²) in [6.07, 6.45) is 3.14. The van der Waals surface area contributed by atoms with Crippen LogP contribution in [0.15, 0.2) is 0 Å². The summed E-state index contributed by atoms with van der Waals surface area (Å²) in [7, 11) is 1.59. The monoisotopic (exact) mass is 258 g/mol. The van der Waals surface area contributed by atoms with Crippen LogP contribution in [0.2, 0.25) is 0 Å². The number of amides is 2. The summed E-state index contributed by atoms with van der Waals surface area (Å²) in [6, 6.07) is -0.913. The second-order valence-corrected chi connectivity index (χ2v) is 4.93. The SMILES string of the molecule is CC(CO)N(C)C(=O)NC1CCCCC1C(=O)O. The molecule has 0 aromatic rings. The van der Waals surface area contributed by atoms with Gasteiger partial charge in [-0.2, -0.15) is 0 Å². The minimum atomic E-state index is -0.849. The lowest BCUT2D eigenvalue weighted by Crippen LogP contribution is -2.51. The predicted molar refractivity (Wildman–Crippen MR) is 66.2 cm³/mol. The first-order valence-corrected chi connectivity index (χ1v) is 6.34. The van der Waals surface area contributed by atoms with Crippen molar-refractivity contribution in [1.29, 1.82) is 0 Å². The zero-order chi connectivity index (χ0) is 13.7. The lowest BCUT2D eigenvalue weighted by atomic mass is 9.84. The molecule has 0 aromatic heterocycles. The summed E-state index contributed by atoms with van der Waals surface area (Å²) in [5, 5.41) is 20.9. The molecule has 0 aromatic carbocycles. The zero-order valence-corrected chi connectivity index (χ0v) is 10.9. The van der Waals surface area contributed by atoms with Gasteiger partial charge in [0.1, 0.15) is 0 Å². The van der Waals surface area contributed by atoms with Crippen LogP contribution in [0, 0.1) is 5.92 Å². The molecule has 0 bridgehead atoms. The molecule has 1 aliphatic rings. The Morgan fingerprint density at radius 2 is 2.00 bits per heavy atom. The molecule has 104 valence electrons. The number of aliphatic carboxylic acids is 1. The summed E-state index contributed by atoms with van der Waals surface area (Å²) < 4.78 is 0. The van der Waals surface area contributed by atoms with Gasteiger partial charge in [-0.05, 0) is 19.8 Å². The van der Waals surface area contributed by atoms with Crippen LogP contribution >= 0.6 is 0 Å². The van der Waals surface area contributed by atoms with Gasteiger partial charge in [0.25, 0.3) is 0 Å². The van der Waals surface area contributed by atoms with Gasteiger partial charge in [0.15, 0.2) is 0 Å². The number of hydrogen-bond donors (Lipinski definition) is 3. The number of carbonyl (C=O) groups is 2. The second kappa shape index (κ2) is 6.58. The molecular weight excluding hydrogens is 236 g/mol. The van der Waals surface area contributed by atoms with Crippen LogP contribution in [0.5, 0.6) is 0 Å². The van der Waals surface area contributed by atoms with Crippen molar-refractivity contribution in [3.05, 3.63) is 0 Å². The molecule has 3 N–H and O–H groups in total. The summed E-state index contributed by atoms with van der Waals surface area (Å²) in [5.74, 6) is -1.35. The van der Waals surface area contributed by atoms with Gasteiger partial charge in [-0.1, -0.05) is 12.8 Å². The van der Waals surface area contributed by atoms with Crippen molar-refractivity contribution in [3.8, 4) is 0 Å². The number of hydrogen-bond acceptors (Lipinski definition) is 3. The Balaban J connectivity index is 2.58. The molecule has 0 spiro atoms. The van der Waals surface area contributed by atoms with Gasteiger partial charge >= 0.3 is 12.0 Å². The largest absolute Gasteiger partial charge is 0.481 e. The number of likely N-dealkylation sites (N-methyl/N-ethyl adjacent to an activating group) is 1. The van der Waals surface area contributed by atoms with Crippen molar-refractivity contribution in [1.82, 2.24) is 10.2 Å². The highest BCUT2D eigenvalue weighted by Gasteiger charge is 2.32. The molecule has 1 fully saturated rings. The molecule has 1 rings (SSSR count). The van der Waals surface area contributed by atoms with Crippen molar-refractivity contribution in [2.45, 2.75) is 44.7 Å². The first-order chi connectivity index (χ1) is 8.47. The number of nitrogens with one attached hydrogen (secondary N) is 1. The maximum atomic E-state index is 11.9. The van der Waals surface area contributed by atoms with E-state index in [2.05, 4.69) is 5.32 Å². The molecule has 6 heteroatoms. The van der Waals surface area contributed by atoms with Crippen molar-refractivity contribution in [3.63, 3.8) is 0 Å². The third kappa shape index (κ3) is 3.60. The molecule has 0 radical (unpaired) electrons. The smallest absolute Gasteiger partial charge is 0.317 e. The first-order valence-electron chi connectivity index (χ1n) is 6.34. The number of urea groups is 1. The summed E-state index contributed by atoms with van der Waals surface area (Å²) >= 11 is 0. The Morgan fingerprint density at radius 1 is 1.39 bits per heavy atom. The van der Waals surface area contributed by atoms with Crippen molar-refractivity contribution in [2.75, 3.05) is 13.7 Å². The highest BCUT2D eigenvalue weighted by Crippen LogP contribution is 2.24. The standard InChI is InChI=1S/C12H22N2O4/c1-8(7-15)14(2)12(18)13-10-6-4-3-5-9(10)11(16)17/h8-10,15H,3-7H2,1-2H3,(H,13,18)(H,16,17). The van der Waals surface area contributed by atoms with Crippen LogP contribution in [0.4, 0.5) is 4.79 Å². The van der Waals surface area contributed by atoms with Crippen LogP contribution in [0.25, 0.3) is 0 Å². The number of nitrogens with zero attached hydrogens (tertiary/aromatic N) is 1. The van der Waals surface area contributed by atoms with E-state index in [-0.39, 0.29) is 24.7 Å². The van der Waals surface area contributed by atoms with E-state index in [1.807, 2.05) is 0 Å². The Kier molecular flexibility index (Phi) is 5.40. The van der Waals surface area contributed by atoms with Gasteiger partial charge in [0, 0.05) is 13.1 Å². The van der Waals surface area contributed by atoms with Gasteiger partial charge < -0.3 is 20.4 Å². The van der Waals surface area contributed by atoms with E-state index in [0.29, 0.717) is 12.8 Å². The number of aliphatic hydroxyl groups excluding tert-OH is 1.